The number of hydrogen-bond acceptors (Lipinski definition) is 4. The van der Waals surface area contributed by atoms with E-state index in [1.165, 1.54) is 22.7 Å². The van der Waals surface area contributed by atoms with Gasteiger partial charge in [-0.1, -0.05) is 24.3 Å². The van der Waals surface area contributed by atoms with Gasteiger partial charge in [0.25, 0.3) is 0 Å². The Hall–Kier alpha value is -0.472. The minimum atomic E-state index is -0.472. The average molecular weight is 629 g/mol. The zero-order chi connectivity index (χ0) is 18.4. The average Bonchev–Trinajstić information content (AvgIpc) is 3.08. The second kappa shape index (κ2) is 10.0. The summed E-state index contributed by atoms with van der Waals surface area (Å²) in [7, 11) is 9.75. The van der Waals surface area contributed by atoms with Crippen molar-refractivity contribution in [1.82, 2.24) is 9.97 Å². The number of benzene rings is 2. The van der Waals surface area contributed by atoms with Crippen molar-refractivity contribution in [2.24, 2.45) is 0 Å². The summed E-state index contributed by atoms with van der Waals surface area (Å²) in [5.74, 6) is 0. The van der Waals surface area contributed by atoms with Crippen molar-refractivity contribution in [3.63, 3.8) is 0 Å². The molecule has 0 unspecified atom stereocenters. The van der Waals surface area contributed by atoms with Gasteiger partial charge in [0.1, 0.15) is 0 Å². The Kier molecular flexibility index (Phi) is 8.35. The van der Waals surface area contributed by atoms with E-state index < -0.39 is 16.5 Å². The maximum absolute atomic E-state index is 7.35. The third kappa shape index (κ3) is 6.32. The van der Waals surface area contributed by atoms with Crippen LogP contribution < -0.4 is 0 Å². The van der Waals surface area contributed by atoms with Gasteiger partial charge in [-0.15, -0.1) is 34.0 Å². The van der Waals surface area contributed by atoms with Gasteiger partial charge in [-0.05, 0) is 36.6 Å². The molecule has 4 aromatic rings. The normalized spacial score (nSPS) is 10.2. The van der Waals surface area contributed by atoms with Crippen molar-refractivity contribution in [1.29, 1.82) is 0 Å². The van der Waals surface area contributed by atoms with Gasteiger partial charge in [-0.2, -0.15) is 0 Å². The molecule has 0 spiro atoms. The number of H-pyrrole nitrogens is 2. The van der Waals surface area contributed by atoms with E-state index in [1.807, 2.05) is 24.3 Å². The second-order valence-corrected chi connectivity index (χ2v) is 11.2. The first-order chi connectivity index (χ1) is 11.9. The van der Waals surface area contributed by atoms with E-state index in [2.05, 4.69) is 9.97 Å². The molecule has 4 nitrogen and oxygen atoms in total. The van der Waals surface area contributed by atoms with E-state index in [9.17, 15) is 0 Å². The molecule has 25 heavy (non-hydrogen) atoms. The minimum absolute atomic E-state index is 0.472. The summed E-state index contributed by atoms with van der Waals surface area (Å²) < 4.78 is 3.65. The van der Waals surface area contributed by atoms with Crippen molar-refractivity contribution in [3.05, 3.63) is 55.8 Å². The molecule has 0 amide bonds. The van der Waals surface area contributed by atoms with Crippen LogP contribution in [0.5, 0.6) is 0 Å². The largest absolute Gasteiger partial charge is 0.699 e. The van der Waals surface area contributed by atoms with E-state index in [0.29, 0.717) is 11.4 Å². The molecule has 0 aliphatic rings. The van der Waals surface area contributed by atoms with Crippen LogP contribution in [0.15, 0.2) is 36.4 Å². The molecule has 0 saturated carbocycles. The topological polar surface area (TPSA) is 79.2 Å². The van der Waals surface area contributed by atoms with E-state index in [4.69, 9.17) is 54.7 Å². The SMILES string of the molecule is [Cl][Pt+2][Cl].[NH-]c1ccc2[nH]c(=S)sc2c1.[NH-]c1ccc2[nH]c(=S)sc2c1. The van der Waals surface area contributed by atoms with Gasteiger partial charge in [0.05, 0.1) is 20.4 Å². The Labute approximate surface area is 178 Å². The summed E-state index contributed by atoms with van der Waals surface area (Å²) in [4.78, 5) is 6.07. The molecule has 0 fully saturated rings. The predicted octanol–water partition coefficient (Wildman–Crippen LogP) is 8.66. The van der Waals surface area contributed by atoms with Gasteiger partial charge < -0.3 is 21.4 Å². The van der Waals surface area contributed by atoms with Gasteiger partial charge in [-0.25, -0.2) is 0 Å². The first-order valence-corrected chi connectivity index (χ1v) is 14.5. The van der Waals surface area contributed by atoms with Gasteiger partial charge in [0, 0.05) is 0 Å². The molecule has 0 bridgehead atoms. The molecule has 0 radical (unpaired) electrons. The number of rotatable bonds is 0. The summed E-state index contributed by atoms with van der Waals surface area (Å²) >= 11 is 12.5. The summed E-state index contributed by atoms with van der Waals surface area (Å²) in [5.41, 5.74) is 17.8. The molecular weight excluding hydrogens is 618 g/mol. The number of nitrogens with one attached hydrogen (secondary N) is 4. The van der Waals surface area contributed by atoms with E-state index in [0.717, 1.165) is 28.3 Å². The quantitative estimate of drug-likeness (QED) is 0.191. The van der Waals surface area contributed by atoms with Crippen molar-refractivity contribution in [3.8, 4) is 0 Å². The number of thiazole rings is 2. The number of aromatic amines is 2. The van der Waals surface area contributed by atoms with Gasteiger partial charge >= 0.3 is 35.3 Å². The maximum atomic E-state index is 7.35. The summed E-state index contributed by atoms with van der Waals surface area (Å²) in [6.45, 7) is 0. The van der Waals surface area contributed by atoms with E-state index >= 15 is 0 Å². The molecule has 134 valence electrons. The molecule has 0 atom stereocenters. The zero-order valence-corrected chi connectivity index (χ0v) is 19.2. The molecule has 11 heteroatoms. The van der Waals surface area contributed by atoms with Crippen molar-refractivity contribution in [2.45, 2.75) is 0 Å². The Bertz CT molecular complexity index is 1000. The molecular formula is C14H10Cl2N4PtS4. The zero-order valence-electron chi connectivity index (χ0n) is 12.2. The summed E-state index contributed by atoms with van der Waals surface area (Å²) in [6, 6.07) is 10.9. The van der Waals surface area contributed by atoms with Crippen LogP contribution in [0.25, 0.3) is 31.9 Å². The third-order valence-corrected chi connectivity index (χ3v) is 5.24. The monoisotopic (exact) mass is 627 g/mol. The summed E-state index contributed by atoms with van der Waals surface area (Å²) in [5, 5.41) is 0. The van der Waals surface area contributed by atoms with Gasteiger partial charge in [0.2, 0.25) is 0 Å². The fourth-order valence-electron chi connectivity index (χ4n) is 1.89. The fourth-order valence-corrected chi connectivity index (χ4v) is 4.20. The van der Waals surface area contributed by atoms with Crippen LogP contribution in [0.2, 0.25) is 0 Å². The number of hydrogen-bond donors (Lipinski definition) is 2. The van der Waals surface area contributed by atoms with Crippen molar-refractivity contribution in [2.75, 3.05) is 0 Å². The smallest absolute Gasteiger partial charge is 0.159 e. The Balaban J connectivity index is 0.000000156. The molecule has 4 rings (SSSR count). The number of aromatic nitrogens is 2. The van der Waals surface area contributed by atoms with Crippen molar-refractivity contribution < 1.29 is 16.5 Å². The molecule has 2 aromatic heterocycles. The predicted molar refractivity (Wildman–Crippen MR) is 114 cm³/mol. The molecule has 2 aromatic carbocycles. The minimum Gasteiger partial charge on any atom is -0.699 e. The van der Waals surface area contributed by atoms with Crippen LogP contribution >= 0.6 is 65.9 Å². The Morgan fingerprint density at radius 2 is 1.16 bits per heavy atom. The molecule has 0 saturated heterocycles. The van der Waals surface area contributed by atoms with Crippen LogP contribution in [0, 0.1) is 7.91 Å². The van der Waals surface area contributed by atoms with Crippen LogP contribution in [-0.4, -0.2) is 9.97 Å². The number of fused-ring (bicyclic) bond motifs is 2. The Morgan fingerprint density at radius 3 is 1.52 bits per heavy atom. The standard InChI is InChI=1S/2C7H5N2S2.2ClH.Pt/c2*8-4-1-2-5-6(3-4)11-7(10)9-5;;;/h2*1-3,8H,(H,9,10);2*1H;/q2*-1;;;+4/p-2. The fraction of sp³-hybridized carbons (Fsp3) is 0. The van der Waals surface area contributed by atoms with E-state index in [1.54, 1.807) is 12.1 Å². The second-order valence-electron chi connectivity index (χ2n) is 4.50. The van der Waals surface area contributed by atoms with Gasteiger partial charge in [-0.3, -0.25) is 0 Å². The van der Waals surface area contributed by atoms with Crippen LogP contribution in [0.1, 0.15) is 0 Å². The van der Waals surface area contributed by atoms with Gasteiger partial charge in [0.15, 0.2) is 7.91 Å². The Morgan fingerprint density at radius 1 is 0.800 bits per heavy atom. The molecule has 4 N–H and O–H groups in total. The maximum Gasteiger partial charge on any atom is 0.159 e. The summed E-state index contributed by atoms with van der Waals surface area (Å²) in [6.07, 6.45) is 0. The van der Waals surface area contributed by atoms with E-state index in [-0.39, 0.29) is 0 Å². The first kappa shape index (κ1) is 20.8. The first-order valence-electron chi connectivity index (χ1n) is 6.44. The molecule has 0 aliphatic carbocycles. The van der Waals surface area contributed by atoms with Crippen LogP contribution in [-0.2, 0) is 16.5 Å². The molecule has 0 aliphatic heterocycles. The number of halogens is 2. The third-order valence-electron chi connectivity index (χ3n) is 2.84. The van der Waals surface area contributed by atoms with Crippen molar-refractivity contribution >= 4 is 97.8 Å². The van der Waals surface area contributed by atoms with Crippen LogP contribution in [0.3, 0.4) is 0 Å². The van der Waals surface area contributed by atoms with Crippen LogP contribution in [0.4, 0.5) is 11.4 Å². The molecule has 2 heterocycles.